The molecule has 1 aliphatic rings. The van der Waals surface area contributed by atoms with E-state index in [0.29, 0.717) is 5.92 Å². The Morgan fingerprint density at radius 3 is 2.44 bits per heavy atom. The van der Waals surface area contributed by atoms with Crippen LogP contribution in [0.25, 0.3) is 0 Å². The van der Waals surface area contributed by atoms with E-state index in [4.69, 9.17) is 0 Å². The molecule has 1 fully saturated rings. The molecule has 1 saturated heterocycles. The molecular formula is C14H19NO. The number of likely N-dealkylation sites (tertiary alicyclic amines) is 1. The Balaban J connectivity index is 2.24. The molecule has 0 bridgehead atoms. The molecule has 16 heavy (non-hydrogen) atoms. The Morgan fingerprint density at radius 2 is 1.94 bits per heavy atom. The van der Waals surface area contributed by atoms with Crippen molar-refractivity contribution in [3.63, 3.8) is 0 Å². The average molecular weight is 217 g/mol. The maximum atomic E-state index is 12.3. The molecule has 1 aromatic carbocycles. The zero-order chi connectivity index (χ0) is 11.8. The second-order valence-electron chi connectivity index (χ2n) is 5.17. The van der Waals surface area contributed by atoms with Crippen LogP contribution in [0.3, 0.4) is 0 Å². The lowest BCUT2D eigenvalue weighted by Crippen LogP contribution is -2.45. The molecule has 0 radical (unpaired) electrons. The van der Waals surface area contributed by atoms with E-state index in [2.05, 4.69) is 20.8 Å². The summed E-state index contributed by atoms with van der Waals surface area (Å²) in [5.74, 6) is 0.732. The fourth-order valence-electron chi connectivity index (χ4n) is 2.33. The van der Waals surface area contributed by atoms with Crippen molar-refractivity contribution >= 4 is 5.91 Å². The van der Waals surface area contributed by atoms with Gasteiger partial charge >= 0.3 is 0 Å². The zero-order valence-corrected chi connectivity index (χ0v) is 10.2. The highest BCUT2D eigenvalue weighted by molar-refractivity contribution is 5.94. The van der Waals surface area contributed by atoms with Crippen molar-refractivity contribution in [2.45, 2.75) is 32.7 Å². The largest absolute Gasteiger partial charge is 0.333 e. The van der Waals surface area contributed by atoms with E-state index < -0.39 is 0 Å². The molecule has 1 heterocycles. The van der Waals surface area contributed by atoms with E-state index in [0.717, 1.165) is 18.5 Å². The van der Waals surface area contributed by atoms with Gasteiger partial charge in [-0.2, -0.15) is 0 Å². The molecule has 0 spiro atoms. The van der Waals surface area contributed by atoms with Crippen LogP contribution in [0.2, 0.25) is 0 Å². The van der Waals surface area contributed by atoms with Crippen LogP contribution < -0.4 is 0 Å². The van der Waals surface area contributed by atoms with Gasteiger partial charge < -0.3 is 4.90 Å². The van der Waals surface area contributed by atoms with Gasteiger partial charge in [0.15, 0.2) is 0 Å². The van der Waals surface area contributed by atoms with Crippen molar-refractivity contribution in [1.82, 2.24) is 4.90 Å². The van der Waals surface area contributed by atoms with Crippen LogP contribution in [0.15, 0.2) is 30.3 Å². The fourth-order valence-corrected chi connectivity index (χ4v) is 2.33. The lowest BCUT2D eigenvalue weighted by atomic mass is 9.90. The molecule has 2 heteroatoms. The molecule has 2 nitrogen and oxygen atoms in total. The molecule has 1 atom stereocenters. The van der Waals surface area contributed by atoms with E-state index >= 15 is 0 Å². The predicted molar refractivity (Wildman–Crippen MR) is 65.3 cm³/mol. The minimum Gasteiger partial charge on any atom is -0.333 e. The highest BCUT2D eigenvalue weighted by atomic mass is 16.2. The quantitative estimate of drug-likeness (QED) is 0.708. The first-order valence-corrected chi connectivity index (χ1v) is 5.90. The van der Waals surface area contributed by atoms with Crippen molar-refractivity contribution in [3.05, 3.63) is 35.9 Å². The molecule has 2 rings (SSSR count). The van der Waals surface area contributed by atoms with Gasteiger partial charge in [0.25, 0.3) is 5.91 Å². The summed E-state index contributed by atoms with van der Waals surface area (Å²) >= 11 is 0. The fraction of sp³-hybridized carbons (Fsp3) is 0.500. The Bertz CT molecular complexity index is 383. The third-order valence-corrected chi connectivity index (χ3v) is 3.95. The van der Waals surface area contributed by atoms with E-state index in [1.165, 1.54) is 0 Å². The Kier molecular flexibility index (Phi) is 2.75. The molecular weight excluding hydrogens is 198 g/mol. The maximum absolute atomic E-state index is 12.3. The minimum absolute atomic E-state index is 0.0209. The first-order valence-electron chi connectivity index (χ1n) is 5.90. The number of nitrogens with zero attached hydrogens (tertiary/aromatic N) is 1. The van der Waals surface area contributed by atoms with Crippen LogP contribution in [0, 0.1) is 5.92 Å². The summed E-state index contributed by atoms with van der Waals surface area (Å²) < 4.78 is 0. The van der Waals surface area contributed by atoms with Gasteiger partial charge in [0.1, 0.15) is 0 Å². The van der Waals surface area contributed by atoms with Gasteiger partial charge in [0.05, 0.1) is 0 Å². The van der Waals surface area contributed by atoms with Crippen molar-refractivity contribution in [2.75, 3.05) is 6.54 Å². The van der Waals surface area contributed by atoms with Crippen molar-refractivity contribution in [3.8, 4) is 0 Å². The summed E-state index contributed by atoms with van der Waals surface area (Å²) in [5.41, 5.74) is 0.775. The van der Waals surface area contributed by atoms with Crippen molar-refractivity contribution in [1.29, 1.82) is 0 Å². The summed E-state index contributed by atoms with van der Waals surface area (Å²) in [5, 5.41) is 0. The second-order valence-corrected chi connectivity index (χ2v) is 5.17. The van der Waals surface area contributed by atoms with Crippen molar-refractivity contribution in [2.24, 2.45) is 5.92 Å². The van der Waals surface area contributed by atoms with Gasteiger partial charge in [0.2, 0.25) is 0 Å². The molecule has 0 aliphatic carbocycles. The minimum atomic E-state index is -0.0209. The van der Waals surface area contributed by atoms with Crippen LogP contribution in [0.5, 0.6) is 0 Å². The SMILES string of the molecule is C[C@@H]1CCN(C(=O)c2ccccc2)C1(C)C. The third-order valence-electron chi connectivity index (χ3n) is 3.95. The van der Waals surface area contributed by atoms with Crippen molar-refractivity contribution < 1.29 is 4.79 Å². The van der Waals surface area contributed by atoms with Gasteiger partial charge in [-0.05, 0) is 38.3 Å². The number of carbonyl (C=O) groups excluding carboxylic acids is 1. The smallest absolute Gasteiger partial charge is 0.254 e. The van der Waals surface area contributed by atoms with Gasteiger partial charge in [-0.1, -0.05) is 25.1 Å². The van der Waals surface area contributed by atoms with E-state index in [9.17, 15) is 4.79 Å². The Labute approximate surface area is 97.3 Å². The lowest BCUT2D eigenvalue weighted by Gasteiger charge is -2.34. The highest BCUT2D eigenvalue weighted by Crippen LogP contribution is 2.34. The normalized spacial score (nSPS) is 23.4. The number of benzene rings is 1. The van der Waals surface area contributed by atoms with Crippen LogP contribution in [0.4, 0.5) is 0 Å². The van der Waals surface area contributed by atoms with E-state index in [-0.39, 0.29) is 11.4 Å². The molecule has 1 aliphatic heterocycles. The first kappa shape index (κ1) is 11.2. The number of hydrogen-bond acceptors (Lipinski definition) is 1. The number of hydrogen-bond donors (Lipinski definition) is 0. The van der Waals surface area contributed by atoms with Crippen LogP contribution in [-0.4, -0.2) is 22.9 Å². The van der Waals surface area contributed by atoms with Crippen LogP contribution >= 0.6 is 0 Å². The first-order chi connectivity index (χ1) is 7.53. The standard InChI is InChI=1S/C14H19NO/c1-11-9-10-15(14(11,2)3)13(16)12-7-5-4-6-8-12/h4-8,11H,9-10H2,1-3H3/t11-/m1/s1. The molecule has 1 amide bonds. The Morgan fingerprint density at radius 1 is 1.31 bits per heavy atom. The van der Waals surface area contributed by atoms with Crippen LogP contribution in [0.1, 0.15) is 37.6 Å². The lowest BCUT2D eigenvalue weighted by molar-refractivity contribution is 0.0612. The van der Waals surface area contributed by atoms with E-state index in [1.54, 1.807) is 0 Å². The van der Waals surface area contributed by atoms with Gasteiger partial charge in [-0.15, -0.1) is 0 Å². The summed E-state index contributed by atoms with van der Waals surface area (Å²) in [6, 6.07) is 9.55. The maximum Gasteiger partial charge on any atom is 0.254 e. The zero-order valence-electron chi connectivity index (χ0n) is 10.2. The summed E-state index contributed by atoms with van der Waals surface area (Å²) in [7, 11) is 0. The molecule has 0 aromatic heterocycles. The molecule has 86 valence electrons. The second kappa shape index (κ2) is 3.93. The van der Waals surface area contributed by atoms with Gasteiger partial charge in [-0.25, -0.2) is 0 Å². The number of carbonyl (C=O) groups is 1. The summed E-state index contributed by atoms with van der Waals surface area (Å²) in [4.78, 5) is 14.3. The number of rotatable bonds is 1. The monoisotopic (exact) mass is 217 g/mol. The van der Waals surface area contributed by atoms with E-state index in [1.807, 2.05) is 35.2 Å². The van der Waals surface area contributed by atoms with Crippen LogP contribution in [-0.2, 0) is 0 Å². The number of amides is 1. The predicted octanol–water partition coefficient (Wildman–Crippen LogP) is 2.95. The summed E-state index contributed by atoms with van der Waals surface area (Å²) in [6.45, 7) is 7.41. The highest BCUT2D eigenvalue weighted by Gasteiger charge is 2.41. The molecule has 1 aromatic rings. The summed E-state index contributed by atoms with van der Waals surface area (Å²) in [6.07, 6.45) is 1.10. The Hall–Kier alpha value is -1.31. The third kappa shape index (κ3) is 1.73. The molecule has 0 N–H and O–H groups in total. The molecule has 0 unspecified atom stereocenters. The van der Waals surface area contributed by atoms with Gasteiger partial charge in [0, 0.05) is 17.6 Å². The average Bonchev–Trinajstić information content (AvgIpc) is 2.54. The topological polar surface area (TPSA) is 20.3 Å². The van der Waals surface area contributed by atoms with Gasteiger partial charge in [-0.3, -0.25) is 4.79 Å². The molecule has 0 saturated carbocycles.